The highest BCUT2D eigenvalue weighted by atomic mass is 16.2. The molecule has 2 rings (SSSR count). The number of hydrogen-bond donors (Lipinski definition) is 4. The van der Waals surface area contributed by atoms with Gasteiger partial charge in [0, 0.05) is 18.3 Å². The van der Waals surface area contributed by atoms with Gasteiger partial charge in [0.05, 0.1) is 6.54 Å². The van der Waals surface area contributed by atoms with Gasteiger partial charge in [0.1, 0.15) is 0 Å². The van der Waals surface area contributed by atoms with Crippen LogP contribution >= 0.6 is 0 Å². The van der Waals surface area contributed by atoms with Crippen LogP contribution in [0.3, 0.4) is 0 Å². The van der Waals surface area contributed by atoms with E-state index < -0.39 is 0 Å². The summed E-state index contributed by atoms with van der Waals surface area (Å²) in [6.07, 6.45) is 6.37. The van der Waals surface area contributed by atoms with Crippen molar-refractivity contribution in [1.29, 1.82) is 0 Å². The Bertz CT molecular complexity index is 510. The topological polar surface area (TPSA) is 96.2 Å². The van der Waals surface area contributed by atoms with E-state index >= 15 is 0 Å². The molecule has 6 heteroatoms. The standard InChI is InChI=1S/C17H26N4O2/c18-14-8-6-13(7-9-14)10-11-19-16(22)12-20-17(23)21-15-4-2-1-3-5-15/h6-9,15H,1-5,10-12,18H2,(H,19,22)(H2,20,21,23). The highest BCUT2D eigenvalue weighted by molar-refractivity contribution is 5.83. The Morgan fingerprint density at radius 2 is 1.74 bits per heavy atom. The van der Waals surface area contributed by atoms with Gasteiger partial charge in [0.15, 0.2) is 0 Å². The minimum Gasteiger partial charge on any atom is -0.399 e. The van der Waals surface area contributed by atoms with Crippen LogP contribution in [-0.4, -0.2) is 31.1 Å². The molecule has 0 spiro atoms. The van der Waals surface area contributed by atoms with Crippen LogP contribution in [0.15, 0.2) is 24.3 Å². The number of nitrogens with one attached hydrogen (secondary N) is 3. The Hall–Kier alpha value is -2.24. The molecule has 0 saturated heterocycles. The van der Waals surface area contributed by atoms with Crippen molar-refractivity contribution in [3.05, 3.63) is 29.8 Å². The molecule has 0 radical (unpaired) electrons. The zero-order chi connectivity index (χ0) is 16.5. The highest BCUT2D eigenvalue weighted by Crippen LogP contribution is 2.17. The van der Waals surface area contributed by atoms with E-state index in [0.29, 0.717) is 6.54 Å². The summed E-state index contributed by atoms with van der Waals surface area (Å²) >= 11 is 0. The molecule has 0 unspecified atom stereocenters. The predicted octanol–water partition coefficient (Wildman–Crippen LogP) is 1.56. The minimum absolute atomic E-state index is 0.000289. The largest absolute Gasteiger partial charge is 0.399 e. The van der Waals surface area contributed by atoms with Crippen LogP contribution in [0.1, 0.15) is 37.7 Å². The Morgan fingerprint density at radius 3 is 2.43 bits per heavy atom. The third-order valence-electron chi connectivity index (χ3n) is 4.07. The van der Waals surface area contributed by atoms with Gasteiger partial charge in [-0.05, 0) is 37.0 Å². The van der Waals surface area contributed by atoms with E-state index in [9.17, 15) is 9.59 Å². The van der Waals surface area contributed by atoms with Crippen LogP contribution in [0.25, 0.3) is 0 Å². The normalized spacial score (nSPS) is 15.0. The molecule has 1 aromatic rings. The second-order valence-corrected chi connectivity index (χ2v) is 6.00. The molecule has 0 aliphatic heterocycles. The molecule has 126 valence electrons. The number of urea groups is 1. The molecular formula is C17H26N4O2. The van der Waals surface area contributed by atoms with Crippen LogP contribution in [0.5, 0.6) is 0 Å². The van der Waals surface area contributed by atoms with Crippen molar-refractivity contribution in [3.8, 4) is 0 Å². The monoisotopic (exact) mass is 318 g/mol. The number of benzene rings is 1. The predicted molar refractivity (Wildman–Crippen MR) is 91.0 cm³/mol. The van der Waals surface area contributed by atoms with Crippen molar-refractivity contribution in [2.24, 2.45) is 0 Å². The maximum Gasteiger partial charge on any atom is 0.315 e. The Labute approximate surface area is 137 Å². The summed E-state index contributed by atoms with van der Waals surface area (Å²) < 4.78 is 0. The van der Waals surface area contributed by atoms with Crippen LogP contribution < -0.4 is 21.7 Å². The van der Waals surface area contributed by atoms with Gasteiger partial charge in [-0.25, -0.2) is 4.79 Å². The maximum absolute atomic E-state index is 11.7. The lowest BCUT2D eigenvalue weighted by Crippen LogP contribution is -2.46. The summed E-state index contributed by atoms with van der Waals surface area (Å²) in [6.45, 7) is 0.537. The third kappa shape index (κ3) is 6.59. The number of amides is 3. The van der Waals surface area contributed by atoms with Gasteiger partial charge in [-0.3, -0.25) is 4.79 Å². The van der Waals surface area contributed by atoms with Crippen molar-refractivity contribution in [3.63, 3.8) is 0 Å². The molecule has 1 aliphatic carbocycles. The summed E-state index contributed by atoms with van der Waals surface area (Å²) in [5.41, 5.74) is 7.46. The number of rotatable bonds is 6. The molecule has 0 heterocycles. The number of anilines is 1. The van der Waals surface area contributed by atoms with Gasteiger partial charge in [-0.1, -0.05) is 31.4 Å². The first-order valence-corrected chi connectivity index (χ1v) is 8.29. The molecular weight excluding hydrogens is 292 g/mol. The number of carbonyl (C=O) groups is 2. The Morgan fingerprint density at radius 1 is 1.04 bits per heavy atom. The molecule has 0 bridgehead atoms. The van der Waals surface area contributed by atoms with Crippen molar-refractivity contribution in [1.82, 2.24) is 16.0 Å². The summed E-state index contributed by atoms with van der Waals surface area (Å²) in [5, 5.41) is 8.32. The number of hydrogen-bond acceptors (Lipinski definition) is 3. The summed E-state index contributed by atoms with van der Waals surface area (Å²) in [4.78, 5) is 23.4. The molecule has 6 nitrogen and oxygen atoms in total. The van der Waals surface area contributed by atoms with E-state index in [1.54, 1.807) is 0 Å². The smallest absolute Gasteiger partial charge is 0.315 e. The van der Waals surface area contributed by atoms with Gasteiger partial charge in [0.2, 0.25) is 5.91 Å². The second kappa shape index (κ2) is 9.02. The fourth-order valence-corrected chi connectivity index (χ4v) is 2.74. The molecule has 1 aromatic carbocycles. The van der Waals surface area contributed by atoms with Crippen LogP contribution in [-0.2, 0) is 11.2 Å². The van der Waals surface area contributed by atoms with E-state index in [1.807, 2.05) is 24.3 Å². The van der Waals surface area contributed by atoms with E-state index in [2.05, 4.69) is 16.0 Å². The average Bonchev–Trinajstić information content (AvgIpc) is 2.56. The first-order valence-electron chi connectivity index (χ1n) is 8.29. The van der Waals surface area contributed by atoms with Gasteiger partial charge >= 0.3 is 6.03 Å². The molecule has 3 amide bonds. The van der Waals surface area contributed by atoms with E-state index in [-0.39, 0.29) is 24.5 Å². The SMILES string of the molecule is Nc1ccc(CCNC(=O)CNC(=O)NC2CCCCC2)cc1. The molecule has 0 atom stereocenters. The van der Waals surface area contributed by atoms with Crippen LogP contribution in [0.4, 0.5) is 10.5 Å². The number of nitrogen functional groups attached to an aromatic ring is 1. The second-order valence-electron chi connectivity index (χ2n) is 6.00. The zero-order valence-corrected chi connectivity index (χ0v) is 13.4. The first kappa shape index (κ1) is 17.1. The van der Waals surface area contributed by atoms with Gasteiger partial charge < -0.3 is 21.7 Å². The Kier molecular flexibility index (Phi) is 6.72. The Balaban J connectivity index is 1.57. The van der Waals surface area contributed by atoms with Crippen LogP contribution in [0.2, 0.25) is 0 Å². The fraction of sp³-hybridized carbons (Fsp3) is 0.529. The van der Waals surface area contributed by atoms with E-state index in [4.69, 9.17) is 5.73 Å². The van der Waals surface area contributed by atoms with Crippen molar-refractivity contribution < 1.29 is 9.59 Å². The summed E-state index contributed by atoms with van der Waals surface area (Å²) in [5.74, 6) is -0.181. The number of carbonyl (C=O) groups excluding carboxylic acids is 2. The van der Waals surface area contributed by atoms with E-state index in [0.717, 1.165) is 43.4 Å². The molecule has 1 fully saturated rings. The van der Waals surface area contributed by atoms with Crippen molar-refractivity contribution in [2.75, 3.05) is 18.8 Å². The third-order valence-corrected chi connectivity index (χ3v) is 4.07. The first-order chi connectivity index (χ1) is 11.1. The van der Waals surface area contributed by atoms with E-state index in [1.165, 1.54) is 6.42 Å². The molecule has 23 heavy (non-hydrogen) atoms. The zero-order valence-electron chi connectivity index (χ0n) is 13.4. The molecule has 0 aromatic heterocycles. The van der Waals surface area contributed by atoms with Gasteiger partial charge in [0.25, 0.3) is 0 Å². The summed E-state index contributed by atoms with van der Waals surface area (Å²) in [7, 11) is 0. The van der Waals surface area contributed by atoms with Gasteiger partial charge in [-0.15, -0.1) is 0 Å². The van der Waals surface area contributed by atoms with Crippen molar-refractivity contribution in [2.45, 2.75) is 44.6 Å². The molecule has 1 aliphatic rings. The minimum atomic E-state index is -0.259. The molecule has 5 N–H and O–H groups in total. The molecule has 1 saturated carbocycles. The maximum atomic E-state index is 11.7. The van der Waals surface area contributed by atoms with Gasteiger partial charge in [-0.2, -0.15) is 0 Å². The lowest BCUT2D eigenvalue weighted by molar-refractivity contribution is -0.120. The van der Waals surface area contributed by atoms with Crippen molar-refractivity contribution >= 4 is 17.6 Å². The average molecular weight is 318 g/mol. The highest BCUT2D eigenvalue weighted by Gasteiger charge is 2.15. The summed E-state index contributed by atoms with van der Waals surface area (Å²) in [6, 6.07) is 7.56. The lowest BCUT2D eigenvalue weighted by atomic mass is 9.96. The lowest BCUT2D eigenvalue weighted by Gasteiger charge is -2.22. The quantitative estimate of drug-likeness (QED) is 0.599. The number of nitrogens with two attached hydrogens (primary N) is 1. The van der Waals surface area contributed by atoms with Crippen LogP contribution in [0, 0.1) is 0 Å². The fourth-order valence-electron chi connectivity index (χ4n) is 2.74.